The van der Waals surface area contributed by atoms with Crippen LogP contribution in [0, 0.1) is 5.82 Å². The van der Waals surface area contributed by atoms with Gasteiger partial charge >= 0.3 is 0 Å². The van der Waals surface area contributed by atoms with Crippen molar-refractivity contribution >= 4 is 29.1 Å². The monoisotopic (exact) mass is 434 g/mol. The summed E-state index contributed by atoms with van der Waals surface area (Å²) in [5.41, 5.74) is 0.325. The van der Waals surface area contributed by atoms with Gasteiger partial charge < -0.3 is 14.2 Å². The first-order chi connectivity index (χ1) is 14.0. The van der Waals surface area contributed by atoms with Gasteiger partial charge in [0.25, 0.3) is 5.91 Å². The number of hydrogen-bond donors (Lipinski definition) is 0. The first kappa shape index (κ1) is 18.4. The molecule has 1 fully saturated rings. The fourth-order valence-electron chi connectivity index (χ4n) is 3.73. The Hall–Kier alpha value is -2.62. The molecular formula is C18H13Cl2FN6O2. The van der Waals surface area contributed by atoms with Crippen LogP contribution in [-0.2, 0) is 11.3 Å². The lowest BCUT2D eigenvalue weighted by molar-refractivity contribution is -0.0569. The van der Waals surface area contributed by atoms with Gasteiger partial charge in [0.2, 0.25) is 5.82 Å². The summed E-state index contributed by atoms with van der Waals surface area (Å²) in [6.07, 6.45) is 2.15. The van der Waals surface area contributed by atoms with Crippen molar-refractivity contribution < 1.29 is 13.9 Å². The number of fused-ring (bicyclic) bond motifs is 4. The average molecular weight is 435 g/mol. The fraction of sp³-hybridized carbons (Fsp3) is 0.278. The summed E-state index contributed by atoms with van der Waals surface area (Å²) in [4.78, 5) is 23.0. The van der Waals surface area contributed by atoms with Crippen molar-refractivity contribution in [3.63, 3.8) is 0 Å². The Balaban J connectivity index is 1.55. The summed E-state index contributed by atoms with van der Waals surface area (Å²) in [6, 6.07) is 4.24. The predicted molar refractivity (Wildman–Crippen MR) is 101 cm³/mol. The molecule has 29 heavy (non-hydrogen) atoms. The van der Waals surface area contributed by atoms with Crippen molar-refractivity contribution in [1.29, 1.82) is 0 Å². The van der Waals surface area contributed by atoms with Crippen LogP contribution in [0.15, 0.2) is 30.6 Å². The Bertz CT molecular complexity index is 1110. The Kier molecular flexibility index (Phi) is 4.45. The lowest BCUT2D eigenvalue weighted by atomic mass is 10.0. The Morgan fingerprint density at radius 1 is 1.17 bits per heavy atom. The van der Waals surface area contributed by atoms with Gasteiger partial charge in [0.1, 0.15) is 6.04 Å². The summed E-state index contributed by atoms with van der Waals surface area (Å²) in [6.45, 7) is 1.00. The zero-order valence-corrected chi connectivity index (χ0v) is 16.3. The molecule has 2 aliphatic heterocycles. The molecule has 5 rings (SSSR count). The highest BCUT2D eigenvalue weighted by molar-refractivity contribution is 6.43. The zero-order valence-electron chi connectivity index (χ0n) is 14.8. The molecule has 2 bridgehead atoms. The highest BCUT2D eigenvalue weighted by Crippen LogP contribution is 2.37. The molecular weight excluding hydrogens is 422 g/mol. The van der Waals surface area contributed by atoms with Gasteiger partial charge in [0.05, 0.1) is 47.3 Å². The van der Waals surface area contributed by atoms with Gasteiger partial charge in [0.15, 0.2) is 17.5 Å². The van der Waals surface area contributed by atoms with E-state index in [1.54, 1.807) is 23.1 Å². The number of nitrogens with zero attached hydrogens (tertiary/aromatic N) is 6. The van der Waals surface area contributed by atoms with Crippen molar-refractivity contribution in [1.82, 2.24) is 29.6 Å². The van der Waals surface area contributed by atoms with Crippen molar-refractivity contribution in [2.24, 2.45) is 0 Å². The third-order valence-electron chi connectivity index (χ3n) is 5.02. The number of hydrogen-bond acceptors (Lipinski definition) is 6. The molecule has 2 aliphatic rings. The van der Waals surface area contributed by atoms with Crippen molar-refractivity contribution in [2.45, 2.75) is 18.6 Å². The van der Waals surface area contributed by atoms with Crippen LogP contribution in [0.5, 0.6) is 0 Å². The molecule has 1 aromatic carbocycles. The summed E-state index contributed by atoms with van der Waals surface area (Å²) < 4.78 is 20.7. The van der Waals surface area contributed by atoms with E-state index in [9.17, 15) is 9.18 Å². The van der Waals surface area contributed by atoms with Crippen molar-refractivity contribution in [3.8, 4) is 11.6 Å². The van der Waals surface area contributed by atoms with Crippen LogP contribution in [0.25, 0.3) is 11.6 Å². The van der Waals surface area contributed by atoms with Crippen LogP contribution in [0.2, 0.25) is 10.0 Å². The topological polar surface area (TPSA) is 86.0 Å². The van der Waals surface area contributed by atoms with Crippen LogP contribution in [-0.4, -0.2) is 54.8 Å². The molecule has 11 heteroatoms. The van der Waals surface area contributed by atoms with E-state index in [0.29, 0.717) is 35.4 Å². The molecule has 3 aromatic rings. The number of rotatable bonds is 2. The molecule has 0 saturated carbocycles. The summed E-state index contributed by atoms with van der Waals surface area (Å²) in [5, 5.41) is 8.96. The highest BCUT2D eigenvalue weighted by atomic mass is 35.5. The number of benzene rings is 1. The van der Waals surface area contributed by atoms with Crippen LogP contribution >= 0.6 is 23.2 Å². The molecule has 0 aliphatic carbocycles. The third-order valence-corrected chi connectivity index (χ3v) is 5.84. The van der Waals surface area contributed by atoms with Gasteiger partial charge in [-0.25, -0.2) is 14.4 Å². The van der Waals surface area contributed by atoms with E-state index in [0.717, 1.165) is 12.4 Å². The maximum absolute atomic E-state index is 13.3. The summed E-state index contributed by atoms with van der Waals surface area (Å²) in [7, 11) is 0. The smallest absolute Gasteiger partial charge is 0.256 e. The molecule has 4 heterocycles. The SMILES string of the molecule is O=C(c1cccc(Cl)c1Cl)N1[C@H]2COC[C@@H]1c1nnc(-c3ncc(F)cn3)n1C2. The standard InChI is InChI=1S/C18H13Cl2FN6O2/c19-12-3-1-2-11(14(12)20)18(28)27-10-6-26-16(13(27)8-29-7-10)24-25-17(26)15-22-4-9(21)5-23-15/h1-5,10,13H,6-8H2/t10-,13-/m1/s1. The number of carbonyl (C=O) groups is 1. The number of ether oxygens (including phenoxy) is 1. The quantitative estimate of drug-likeness (QED) is 0.616. The number of carbonyl (C=O) groups excluding carboxylic acids is 1. The number of aromatic nitrogens is 5. The lowest BCUT2D eigenvalue weighted by Gasteiger charge is -2.45. The van der Waals surface area contributed by atoms with Gasteiger partial charge in [-0.3, -0.25) is 4.79 Å². The summed E-state index contributed by atoms with van der Waals surface area (Å²) >= 11 is 12.4. The van der Waals surface area contributed by atoms with E-state index >= 15 is 0 Å². The van der Waals surface area contributed by atoms with Crippen LogP contribution < -0.4 is 0 Å². The second-order valence-electron chi connectivity index (χ2n) is 6.74. The van der Waals surface area contributed by atoms with Gasteiger partial charge in [-0.2, -0.15) is 0 Å². The van der Waals surface area contributed by atoms with E-state index in [1.165, 1.54) is 0 Å². The van der Waals surface area contributed by atoms with Gasteiger partial charge in [-0.05, 0) is 12.1 Å². The van der Waals surface area contributed by atoms with Gasteiger partial charge in [0, 0.05) is 6.54 Å². The number of halogens is 3. The van der Waals surface area contributed by atoms with Crippen LogP contribution in [0.3, 0.4) is 0 Å². The van der Waals surface area contributed by atoms with E-state index in [4.69, 9.17) is 27.9 Å². The van der Waals surface area contributed by atoms with E-state index in [2.05, 4.69) is 20.2 Å². The van der Waals surface area contributed by atoms with Crippen LogP contribution in [0.1, 0.15) is 22.2 Å². The molecule has 0 radical (unpaired) electrons. The van der Waals surface area contributed by atoms with E-state index < -0.39 is 11.9 Å². The molecule has 1 amide bonds. The van der Waals surface area contributed by atoms with Crippen molar-refractivity contribution in [3.05, 3.63) is 57.8 Å². The second kappa shape index (κ2) is 7.01. The molecule has 0 unspecified atom stereocenters. The molecule has 0 spiro atoms. The first-order valence-electron chi connectivity index (χ1n) is 8.80. The first-order valence-corrected chi connectivity index (χ1v) is 9.55. The number of amides is 1. The number of morpholine rings is 1. The predicted octanol–water partition coefficient (Wildman–Crippen LogP) is 2.78. The largest absolute Gasteiger partial charge is 0.377 e. The maximum Gasteiger partial charge on any atom is 0.256 e. The zero-order chi connectivity index (χ0) is 20.1. The fourth-order valence-corrected chi connectivity index (χ4v) is 4.11. The minimum absolute atomic E-state index is 0.214. The minimum atomic E-state index is -0.535. The van der Waals surface area contributed by atoms with Gasteiger partial charge in [-0.15, -0.1) is 10.2 Å². The van der Waals surface area contributed by atoms with Crippen LogP contribution in [0.4, 0.5) is 4.39 Å². The average Bonchev–Trinajstić information content (AvgIpc) is 3.13. The Labute approximate surface area is 174 Å². The lowest BCUT2D eigenvalue weighted by Crippen LogP contribution is -2.56. The Morgan fingerprint density at radius 2 is 1.97 bits per heavy atom. The van der Waals surface area contributed by atoms with Gasteiger partial charge in [-0.1, -0.05) is 29.3 Å². The van der Waals surface area contributed by atoms with Crippen molar-refractivity contribution in [2.75, 3.05) is 13.2 Å². The van der Waals surface area contributed by atoms with E-state index in [1.807, 2.05) is 4.57 Å². The molecule has 8 nitrogen and oxygen atoms in total. The summed E-state index contributed by atoms with van der Waals surface area (Å²) in [5.74, 6) is 0.458. The van der Waals surface area contributed by atoms with E-state index in [-0.39, 0.29) is 29.4 Å². The second-order valence-corrected chi connectivity index (χ2v) is 7.52. The third kappa shape index (κ3) is 2.97. The normalized spacial score (nSPS) is 20.4. The minimum Gasteiger partial charge on any atom is -0.377 e. The molecule has 148 valence electrons. The molecule has 0 N–H and O–H groups in total. The molecule has 2 aromatic heterocycles. The maximum atomic E-state index is 13.3. The molecule has 1 saturated heterocycles. The molecule has 2 atom stereocenters. The highest BCUT2D eigenvalue weighted by Gasteiger charge is 2.44. The Morgan fingerprint density at radius 3 is 2.76 bits per heavy atom.